The number of aromatic carboxylic acids is 1. The summed E-state index contributed by atoms with van der Waals surface area (Å²) in [5.74, 6) is -1.83. The maximum Gasteiger partial charge on any atom is 0.353 e. The molecule has 4 N–H and O–H groups in total. The zero-order valence-corrected chi connectivity index (χ0v) is 9.85. The van der Waals surface area contributed by atoms with E-state index >= 15 is 0 Å². The van der Waals surface area contributed by atoms with Crippen LogP contribution in [0, 0.1) is 6.92 Å². The van der Waals surface area contributed by atoms with Crippen molar-refractivity contribution < 1.29 is 14.7 Å². The first-order valence-corrected chi connectivity index (χ1v) is 5.27. The summed E-state index contributed by atoms with van der Waals surface area (Å²) < 4.78 is 0. The summed E-state index contributed by atoms with van der Waals surface area (Å²) in [5.41, 5.74) is -0.125. The van der Waals surface area contributed by atoms with Crippen LogP contribution < -0.4 is 10.9 Å². The van der Waals surface area contributed by atoms with Crippen LogP contribution >= 0.6 is 0 Å². The maximum absolute atomic E-state index is 11.8. The topological polar surface area (TPSA) is 128 Å². The lowest BCUT2D eigenvalue weighted by Crippen LogP contribution is -2.23. The number of nitrogens with zero attached hydrogens (tertiary/aromatic N) is 1. The van der Waals surface area contributed by atoms with E-state index in [2.05, 4.69) is 20.5 Å². The molecule has 0 saturated heterocycles. The van der Waals surface area contributed by atoms with Crippen molar-refractivity contribution in [2.75, 3.05) is 5.32 Å². The fourth-order valence-corrected chi connectivity index (χ4v) is 1.43. The summed E-state index contributed by atoms with van der Waals surface area (Å²) in [6.45, 7) is 1.69. The number of carboxylic acid groups (broad SMARTS) is 1. The smallest absolute Gasteiger partial charge is 0.353 e. The van der Waals surface area contributed by atoms with E-state index in [1.54, 1.807) is 13.0 Å². The third-order valence-electron chi connectivity index (χ3n) is 2.35. The molecule has 98 valence electrons. The van der Waals surface area contributed by atoms with E-state index in [0.29, 0.717) is 5.69 Å². The number of hydrogen-bond donors (Lipinski definition) is 4. The van der Waals surface area contributed by atoms with Crippen LogP contribution in [0.1, 0.15) is 26.5 Å². The molecule has 2 aromatic rings. The zero-order chi connectivity index (χ0) is 14.0. The van der Waals surface area contributed by atoms with Gasteiger partial charge < -0.3 is 15.4 Å². The molecular formula is C11H10N4O4. The average Bonchev–Trinajstić information content (AvgIpc) is 2.77. The molecule has 0 radical (unpaired) electrons. The van der Waals surface area contributed by atoms with Gasteiger partial charge in [0.25, 0.3) is 11.5 Å². The Balaban J connectivity index is 2.20. The largest absolute Gasteiger partial charge is 0.477 e. The zero-order valence-electron chi connectivity index (χ0n) is 9.85. The van der Waals surface area contributed by atoms with Crippen molar-refractivity contribution in [1.29, 1.82) is 0 Å². The second-order valence-corrected chi connectivity index (χ2v) is 3.81. The van der Waals surface area contributed by atoms with Crippen LogP contribution in [-0.4, -0.2) is 32.2 Å². The number of carbonyl (C=O) groups excluding carboxylic acids is 1. The predicted octanol–water partition coefficient (Wildman–Crippen LogP) is 0.357. The summed E-state index contributed by atoms with van der Waals surface area (Å²) in [6.07, 6.45) is 0. The Kier molecular flexibility index (Phi) is 3.15. The van der Waals surface area contributed by atoms with Crippen molar-refractivity contribution >= 4 is 17.7 Å². The molecule has 0 bridgehead atoms. The van der Waals surface area contributed by atoms with Crippen LogP contribution in [0.15, 0.2) is 23.0 Å². The predicted molar refractivity (Wildman–Crippen MR) is 65.3 cm³/mol. The van der Waals surface area contributed by atoms with E-state index < -0.39 is 17.4 Å². The van der Waals surface area contributed by atoms with Gasteiger partial charge in [-0.3, -0.25) is 14.7 Å². The van der Waals surface area contributed by atoms with Gasteiger partial charge in [0, 0.05) is 11.8 Å². The molecule has 0 spiro atoms. The van der Waals surface area contributed by atoms with Gasteiger partial charge in [0.05, 0.1) is 0 Å². The van der Waals surface area contributed by atoms with Crippen LogP contribution in [0.4, 0.5) is 5.82 Å². The highest BCUT2D eigenvalue weighted by molar-refractivity contribution is 6.03. The minimum atomic E-state index is -1.19. The number of nitrogens with one attached hydrogen (secondary N) is 3. The number of aryl methyl sites for hydroxylation is 1. The molecule has 1 amide bonds. The fraction of sp³-hybridized carbons (Fsp3) is 0.0909. The van der Waals surface area contributed by atoms with Crippen LogP contribution in [0.5, 0.6) is 0 Å². The highest BCUT2D eigenvalue weighted by atomic mass is 16.4. The Bertz CT molecular complexity index is 701. The van der Waals surface area contributed by atoms with Crippen LogP contribution in [0.3, 0.4) is 0 Å². The van der Waals surface area contributed by atoms with Crippen molar-refractivity contribution in [3.8, 4) is 0 Å². The number of hydrogen-bond acceptors (Lipinski definition) is 4. The third kappa shape index (κ3) is 2.68. The molecule has 0 aromatic carbocycles. The molecular weight excluding hydrogens is 252 g/mol. The third-order valence-corrected chi connectivity index (χ3v) is 2.35. The number of aromatic amines is 2. The Labute approximate surface area is 106 Å². The van der Waals surface area contributed by atoms with Gasteiger partial charge in [-0.25, -0.2) is 4.79 Å². The van der Waals surface area contributed by atoms with Crippen molar-refractivity contribution in [3.63, 3.8) is 0 Å². The number of carbonyl (C=O) groups is 2. The van der Waals surface area contributed by atoms with Crippen LogP contribution in [-0.2, 0) is 0 Å². The molecule has 19 heavy (non-hydrogen) atoms. The van der Waals surface area contributed by atoms with E-state index in [-0.39, 0.29) is 17.1 Å². The second kappa shape index (κ2) is 4.77. The van der Waals surface area contributed by atoms with Gasteiger partial charge in [-0.2, -0.15) is 5.10 Å². The SMILES string of the molecule is Cc1ccc(C(=O)Nc2cc(C(=O)O)[nH]n2)c(=O)[nH]1. The van der Waals surface area contributed by atoms with Gasteiger partial charge in [0.1, 0.15) is 11.3 Å². The summed E-state index contributed by atoms with van der Waals surface area (Å²) in [6, 6.07) is 4.13. The number of pyridine rings is 1. The van der Waals surface area contributed by atoms with Gasteiger partial charge in [0.15, 0.2) is 5.82 Å². The van der Waals surface area contributed by atoms with E-state index in [1.807, 2.05) is 0 Å². The first-order valence-electron chi connectivity index (χ1n) is 5.27. The summed E-state index contributed by atoms with van der Waals surface area (Å²) >= 11 is 0. The molecule has 8 heteroatoms. The average molecular weight is 262 g/mol. The Morgan fingerprint density at radius 3 is 2.68 bits per heavy atom. The van der Waals surface area contributed by atoms with Crippen LogP contribution in [0.25, 0.3) is 0 Å². The Morgan fingerprint density at radius 2 is 2.11 bits per heavy atom. The lowest BCUT2D eigenvalue weighted by molar-refractivity contribution is 0.0690. The lowest BCUT2D eigenvalue weighted by atomic mass is 10.2. The minimum absolute atomic E-state index is 0.0300. The van der Waals surface area contributed by atoms with Gasteiger partial charge in [-0.15, -0.1) is 0 Å². The monoisotopic (exact) mass is 262 g/mol. The molecule has 2 heterocycles. The molecule has 0 saturated carbocycles. The van der Waals surface area contributed by atoms with Gasteiger partial charge in [0.2, 0.25) is 0 Å². The van der Waals surface area contributed by atoms with E-state index in [0.717, 1.165) is 6.07 Å². The lowest BCUT2D eigenvalue weighted by Gasteiger charge is -2.01. The molecule has 0 atom stereocenters. The Morgan fingerprint density at radius 1 is 1.37 bits per heavy atom. The number of carboxylic acids is 1. The van der Waals surface area contributed by atoms with Gasteiger partial charge in [-0.1, -0.05) is 0 Å². The summed E-state index contributed by atoms with van der Waals surface area (Å²) in [5, 5.41) is 16.8. The first-order chi connectivity index (χ1) is 8.97. The van der Waals surface area contributed by atoms with Crippen LogP contribution in [0.2, 0.25) is 0 Å². The molecule has 8 nitrogen and oxygen atoms in total. The van der Waals surface area contributed by atoms with E-state index in [1.165, 1.54) is 6.07 Å². The molecule has 0 unspecified atom stereocenters. The van der Waals surface area contributed by atoms with Gasteiger partial charge in [-0.05, 0) is 19.1 Å². The van der Waals surface area contributed by atoms with Gasteiger partial charge >= 0.3 is 5.97 Å². The molecule has 0 aliphatic heterocycles. The first kappa shape index (κ1) is 12.6. The number of anilines is 1. The minimum Gasteiger partial charge on any atom is -0.477 e. The normalized spacial score (nSPS) is 10.2. The standard InChI is InChI=1S/C11H10N4O4/c1-5-2-3-6(9(16)12-5)10(17)13-8-4-7(11(18)19)14-15-8/h2-4H,1H3,(H,12,16)(H,18,19)(H2,13,14,15,17). The van der Waals surface area contributed by atoms with Crippen molar-refractivity contribution in [2.45, 2.75) is 6.92 Å². The Hall–Kier alpha value is -2.90. The highest BCUT2D eigenvalue weighted by Crippen LogP contribution is 2.06. The number of rotatable bonds is 3. The molecule has 0 aliphatic rings. The molecule has 2 aromatic heterocycles. The molecule has 0 fully saturated rings. The second-order valence-electron chi connectivity index (χ2n) is 3.81. The van der Waals surface area contributed by atoms with Crippen molar-refractivity contribution in [3.05, 3.63) is 45.5 Å². The quantitative estimate of drug-likeness (QED) is 0.634. The molecule has 0 aliphatic carbocycles. The highest BCUT2D eigenvalue weighted by Gasteiger charge is 2.13. The molecule has 2 rings (SSSR count). The number of aromatic nitrogens is 3. The van der Waals surface area contributed by atoms with Crippen molar-refractivity contribution in [1.82, 2.24) is 15.2 Å². The van der Waals surface area contributed by atoms with E-state index in [9.17, 15) is 14.4 Å². The number of amides is 1. The fourth-order valence-electron chi connectivity index (χ4n) is 1.43. The van der Waals surface area contributed by atoms with Crippen molar-refractivity contribution in [2.24, 2.45) is 0 Å². The summed E-state index contributed by atoms with van der Waals surface area (Å²) in [4.78, 5) is 36.5. The van der Waals surface area contributed by atoms with E-state index in [4.69, 9.17) is 5.11 Å². The maximum atomic E-state index is 11.8. The number of H-pyrrole nitrogens is 2. The summed E-state index contributed by atoms with van der Waals surface area (Å²) in [7, 11) is 0.